The number of nitrogens with zero attached hydrogens (tertiary/aromatic N) is 1. The number of imide groups is 1. The number of hydrogen-bond acceptors (Lipinski definition) is 4. The topological polar surface area (TPSA) is 90.5 Å². The summed E-state index contributed by atoms with van der Waals surface area (Å²) in [5.41, 5.74) is 1.71. The van der Waals surface area contributed by atoms with Crippen molar-refractivity contribution in [1.29, 1.82) is 0 Å². The number of halogens is 2. The Morgan fingerprint density at radius 2 is 1.86 bits per heavy atom. The number of hydrogen-bond donors (Lipinski definition) is 3. The van der Waals surface area contributed by atoms with Gasteiger partial charge in [0.2, 0.25) is 0 Å². The molecule has 0 radical (unpaired) electrons. The van der Waals surface area contributed by atoms with Crippen LogP contribution in [0.2, 0.25) is 0 Å². The van der Waals surface area contributed by atoms with Crippen molar-refractivity contribution in [2.24, 2.45) is 0 Å². The molecular weight excluding hydrogens is 382 g/mol. The van der Waals surface area contributed by atoms with Crippen LogP contribution in [0, 0.1) is 11.6 Å². The van der Waals surface area contributed by atoms with E-state index in [4.69, 9.17) is 0 Å². The predicted molar refractivity (Wildman–Crippen MR) is 100 cm³/mol. The molecule has 29 heavy (non-hydrogen) atoms. The minimum absolute atomic E-state index is 0.186. The van der Waals surface area contributed by atoms with Crippen LogP contribution in [0.25, 0.3) is 0 Å². The number of carbonyl (C=O) groups excluding carboxylic acids is 3. The van der Waals surface area contributed by atoms with Crippen LogP contribution in [0.5, 0.6) is 0 Å². The molecule has 0 saturated carbocycles. The minimum atomic E-state index is -1.30. The number of hydrazine groups is 1. The zero-order valence-corrected chi connectivity index (χ0v) is 15.8. The molecule has 9 heteroatoms. The molecular formula is C20H20F2N4O3. The first-order chi connectivity index (χ1) is 13.7. The van der Waals surface area contributed by atoms with Gasteiger partial charge in [0.25, 0.3) is 11.8 Å². The molecule has 1 aliphatic heterocycles. The number of benzene rings is 2. The summed E-state index contributed by atoms with van der Waals surface area (Å²) < 4.78 is 26.8. The highest BCUT2D eigenvalue weighted by molar-refractivity contribution is 6.08. The molecule has 3 N–H and O–H groups in total. The summed E-state index contributed by atoms with van der Waals surface area (Å²) >= 11 is 0. The average molecular weight is 402 g/mol. The Hall–Kier alpha value is -3.33. The summed E-state index contributed by atoms with van der Waals surface area (Å²) in [6.07, 6.45) is 0. The second-order valence-electron chi connectivity index (χ2n) is 6.87. The van der Waals surface area contributed by atoms with E-state index in [1.807, 2.05) is 0 Å². The van der Waals surface area contributed by atoms with Crippen molar-refractivity contribution >= 4 is 17.8 Å². The lowest BCUT2D eigenvalue weighted by molar-refractivity contribution is -0.138. The Bertz CT molecular complexity index is 954. The molecule has 0 bridgehead atoms. The Labute approximate surface area is 166 Å². The Kier molecular flexibility index (Phi) is 5.60. The number of urea groups is 1. The molecule has 1 fully saturated rings. The fourth-order valence-electron chi connectivity index (χ4n) is 3.08. The van der Waals surface area contributed by atoms with Crippen molar-refractivity contribution in [2.75, 3.05) is 6.54 Å². The van der Waals surface area contributed by atoms with Crippen LogP contribution in [0.15, 0.2) is 48.5 Å². The van der Waals surface area contributed by atoms with Crippen molar-refractivity contribution in [1.82, 2.24) is 21.1 Å². The standard InChI is InChI=1S/C20H20F2N4O3/c1-12(15-9-8-14(21)10-16(15)22)23-11-17(27)25-26-18(28)20(2,24-19(26)29)13-6-4-3-5-7-13/h3-10,12,23H,11H2,1-2H3,(H,24,29)(H,25,27)/t12-,20+/m1/s1. The fraction of sp³-hybridized carbons (Fsp3) is 0.250. The van der Waals surface area contributed by atoms with Crippen LogP contribution < -0.4 is 16.1 Å². The largest absolute Gasteiger partial charge is 0.344 e. The average Bonchev–Trinajstić information content (AvgIpc) is 2.91. The van der Waals surface area contributed by atoms with Crippen LogP contribution in [0.4, 0.5) is 13.6 Å². The van der Waals surface area contributed by atoms with E-state index in [0.29, 0.717) is 10.6 Å². The first-order valence-corrected chi connectivity index (χ1v) is 8.92. The van der Waals surface area contributed by atoms with Crippen molar-refractivity contribution < 1.29 is 23.2 Å². The van der Waals surface area contributed by atoms with Crippen LogP contribution in [-0.4, -0.2) is 29.4 Å². The summed E-state index contributed by atoms with van der Waals surface area (Å²) in [7, 11) is 0. The van der Waals surface area contributed by atoms with E-state index in [2.05, 4.69) is 16.1 Å². The quantitative estimate of drug-likeness (QED) is 0.646. The monoisotopic (exact) mass is 402 g/mol. The van der Waals surface area contributed by atoms with Gasteiger partial charge in [0.15, 0.2) is 0 Å². The maximum Gasteiger partial charge on any atom is 0.344 e. The van der Waals surface area contributed by atoms with Gasteiger partial charge in [0.05, 0.1) is 6.54 Å². The number of amides is 4. The molecule has 152 valence electrons. The SMILES string of the molecule is C[C@@H](NCC(=O)NN1C(=O)N[C@@](C)(c2ccccc2)C1=O)c1ccc(F)cc1F. The van der Waals surface area contributed by atoms with E-state index in [1.165, 1.54) is 6.07 Å². The Morgan fingerprint density at radius 3 is 2.52 bits per heavy atom. The lowest BCUT2D eigenvalue weighted by atomic mass is 9.92. The van der Waals surface area contributed by atoms with Gasteiger partial charge in [-0.15, -0.1) is 0 Å². The molecule has 0 aliphatic carbocycles. The molecule has 1 heterocycles. The molecule has 2 aromatic rings. The van der Waals surface area contributed by atoms with E-state index in [9.17, 15) is 23.2 Å². The molecule has 2 atom stereocenters. The van der Waals surface area contributed by atoms with Crippen molar-refractivity contribution in [2.45, 2.75) is 25.4 Å². The maximum atomic E-state index is 13.8. The highest BCUT2D eigenvalue weighted by atomic mass is 19.1. The van der Waals surface area contributed by atoms with Crippen LogP contribution in [0.1, 0.15) is 31.0 Å². The number of nitrogens with one attached hydrogen (secondary N) is 3. The third-order valence-corrected chi connectivity index (χ3v) is 4.78. The molecule has 0 spiro atoms. The lowest BCUT2D eigenvalue weighted by Crippen LogP contribution is -2.50. The molecule has 4 amide bonds. The minimum Gasteiger partial charge on any atom is -0.318 e. The van der Waals surface area contributed by atoms with E-state index in [0.717, 1.165) is 12.1 Å². The van der Waals surface area contributed by atoms with Gasteiger partial charge in [-0.3, -0.25) is 15.0 Å². The van der Waals surface area contributed by atoms with Crippen molar-refractivity contribution in [3.05, 3.63) is 71.3 Å². The maximum absolute atomic E-state index is 13.8. The summed E-state index contributed by atoms with van der Waals surface area (Å²) in [5, 5.41) is 5.97. The van der Waals surface area contributed by atoms with Gasteiger partial charge in [-0.25, -0.2) is 13.6 Å². The molecule has 3 rings (SSSR count). The van der Waals surface area contributed by atoms with E-state index in [1.54, 1.807) is 44.2 Å². The first kappa shape index (κ1) is 20.4. The molecule has 1 saturated heterocycles. The van der Waals surface area contributed by atoms with Gasteiger partial charge in [-0.05, 0) is 25.5 Å². The smallest absolute Gasteiger partial charge is 0.318 e. The van der Waals surface area contributed by atoms with E-state index < -0.39 is 41.1 Å². The van der Waals surface area contributed by atoms with E-state index >= 15 is 0 Å². The molecule has 7 nitrogen and oxygen atoms in total. The lowest BCUT2D eigenvalue weighted by Gasteiger charge is -2.22. The molecule has 0 unspecified atom stereocenters. The summed E-state index contributed by atoms with van der Waals surface area (Å²) in [4.78, 5) is 37.2. The van der Waals surface area contributed by atoms with Crippen molar-refractivity contribution in [3.63, 3.8) is 0 Å². The zero-order chi connectivity index (χ0) is 21.2. The highest BCUT2D eigenvalue weighted by Crippen LogP contribution is 2.27. The third kappa shape index (κ3) is 4.09. The van der Waals surface area contributed by atoms with Crippen molar-refractivity contribution in [3.8, 4) is 0 Å². The Balaban J connectivity index is 1.62. The van der Waals surface area contributed by atoms with Crippen LogP contribution in [0.3, 0.4) is 0 Å². The van der Waals surface area contributed by atoms with Gasteiger partial charge in [0.1, 0.15) is 17.2 Å². The first-order valence-electron chi connectivity index (χ1n) is 8.92. The summed E-state index contributed by atoms with van der Waals surface area (Å²) in [5.74, 6) is -2.73. The van der Waals surface area contributed by atoms with Gasteiger partial charge < -0.3 is 10.6 Å². The highest BCUT2D eigenvalue weighted by Gasteiger charge is 2.49. The number of carbonyl (C=O) groups is 3. The normalized spacial score (nSPS) is 19.8. The van der Waals surface area contributed by atoms with Crippen LogP contribution in [-0.2, 0) is 15.1 Å². The fourth-order valence-corrected chi connectivity index (χ4v) is 3.08. The van der Waals surface area contributed by atoms with Gasteiger partial charge in [-0.2, -0.15) is 5.01 Å². The molecule has 1 aliphatic rings. The molecule has 0 aromatic heterocycles. The van der Waals surface area contributed by atoms with Gasteiger partial charge in [-0.1, -0.05) is 36.4 Å². The number of rotatable bonds is 6. The van der Waals surface area contributed by atoms with Gasteiger partial charge in [0, 0.05) is 17.7 Å². The van der Waals surface area contributed by atoms with E-state index in [-0.39, 0.29) is 12.1 Å². The van der Waals surface area contributed by atoms with Gasteiger partial charge >= 0.3 is 6.03 Å². The second-order valence-corrected chi connectivity index (χ2v) is 6.87. The molecule has 2 aromatic carbocycles. The second kappa shape index (κ2) is 7.96. The zero-order valence-electron chi connectivity index (χ0n) is 15.8. The summed E-state index contributed by atoms with van der Waals surface area (Å²) in [6.45, 7) is 2.85. The summed E-state index contributed by atoms with van der Waals surface area (Å²) in [6, 6.07) is 10.5. The Morgan fingerprint density at radius 1 is 1.17 bits per heavy atom. The predicted octanol–water partition coefficient (Wildman–Crippen LogP) is 2.11. The third-order valence-electron chi connectivity index (χ3n) is 4.78. The van der Waals surface area contributed by atoms with Crippen LogP contribution >= 0.6 is 0 Å².